The number of hydrogen-bond acceptors (Lipinski definition) is 7. The van der Waals surface area contributed by atoms with E-state index in [0.29, 0.717) is 24.0 Å². The molecule has 0 radical (unpaired) electrons. The van der Waals surface area contributed by atoms with Crippen LogP contribution >= 0.6 is 0 Å². The highest BCUT2D eigenvalue weighted by Crippen LogP contribution is 2.31. The van der Waals surface area contributed by atoms with Crippen molar-refractivity contribution in [2.45, 2.75) is 39.7 Å². The molecule has 1 aliphatic heterocycles. The third kappa shape index (κ3) is 2.32. The van der Waals surface area contributed by atoms with Gasteiger partial charge >= 0.3 is 0 Å². The molecule has 1 amide bonds. The highest BCUT2D eigenvalue weighted by atomic mass is 16.5. The summed E-state index contributed by atoms with van der Waals surface area (Å²) in [6, 6.07) is 1.70. The van der Waals surface area contributed by atoms with E-state index in [0.717, 1.165) is 24.2 Å². The molecule has 3 aromatic rings. The van der Waals surface area contributed by atoms with Crippen molar-refractivity contribution in [1.29, 1.82) is 0 Å². The quantitative estimate of drug-likeness (QED) is 0.701. The molecule has 1 saturated heterocycles. The van der Waals surface area contributed by atoms with Crippen LogP contribution in [-0.2, 0) is 0 Å². The smallest absolute Gasteiger partial charge is 0.294 e. The molecule has 3 aromatic heterocycles. The lowest BCUT2D eigenvalue weighted by molar-refractivity contribution is 0.0716. The highest BCUT2D eigenvalue weighted by molar-refractivity contribution is 5.91. The molecule has 0 unspecified atom stereocenters. The van der Waals surface area contributed by atoms with Crippen LogP contribution in [0.4, 0.5) is 0 Å². The summed E-state index contributed by atoms with van der Waals surface area (Å²) in [6.45, 7) is 6.15. The summed E-state index contributed by atoms with van der Waals surface area (Å²) < 4.78 is 6.63. The Labute approximate surface area is 137 Å². The lowest BCUT2D eigenvalue weighted by Crippen LogP contribution is -2.32. The minimum atomic E-state index is -0.234. The average Bonchev–Trinajstić information content (AvgIpc) is 3.23. The van der Waals surface area contributed by atoms with Crippen LogP contribution in [-0.4, -0.2) is 47.1 Å². The molecule has 1 atom stereocenters. The first-order chi connectivity index (χ1) is 11.5. The van der Waals surface area contributed by atoms with Gasteiger partial charge in [-0.3, -0.25) is 4.79 Å². The second kappa shape index (κ2) is 5.36. The van der Waals surface area contributed by atoms with Gasteiger partial charge in [0, 0.05) is 24.9 Å². The number of carbonyl (C=O) groups is 1. The number of aryl methyl sites for hydroxylation is 3. The van der Waals surface area contributed by atoms with Crippen molar-refractivity contribution < 1.29 is 9.32 Å². The van der Waals surface area contributed by atoms with Gasteiger partial charge in [0.1, 0.15) is 0 Å². The number of nitrogens with zero attached hydrogens (tertiary/aromatic N) is 7. The van der Waals surface area contributed by atoms with E-state index < -0.39 is 0 Å². The summed E-state index contributed by atoms with van der Waals surface area (Å²) in [6.07, 6.45) is 1.68. The Hall–Kier alpha value is -2.84. The van der Waals surface area contributed by atoms with Crippen LogP contribution in [0.15, 0.2) is 10.6 Å². The van der Waals surface area contributed by atoms with E-state index in [1.54, 1.807) is 16.3 Å². The third-order valence-electron chi connectivity index (χ3n) is 4.16. The minimum absolute atomic E-state index is 0.142. The maximum absolute atomic E-state index is 12.9. The largest absolute Gasteiger partial charge is 0.340 e. The zero-order chi connectivity index (χ0) is 16.8. The van der Waals surface area contributed by atoms with E-state index >= 15 is 0 Å². The number of hydrogen-bond donors (Lipinski definition) is 0. The fourth-order valence-corrected chi connectivity index (χ4v) is 3.11. The molecule has 4 rings (SSSR count). The fourth-order valence-electron chi connectivity index (χ4n) is 3.11. The zero-order valence-corrected chi connectivity index (χ0v) is 13.7. The summed E-state index contributed by atoms with van der Waals surface area (Å²) in [7, 11) is 0. The monoisotopic (exact) mass is 327 g/mol. The van der Waals surface area contributed by atoms with Gasteiger partial charge in [0.05, 0.1) is 6.04 Å². The molecule has 4 heterocycles. The van der Waals surface area contributed by atoms with Crippen molar-refractivity contribution in [3.05, 3.63) is 35.0 Å². The van der Waals surface area contributed by atoms with E-state index in [-0.39, 0.29) is 17.8 Å². The first kappa shape index (κ1) is 14.7. The van der Waals surface area contributed by atoms with Gasteiger partial charge in [0.15, 0.2) is 5.82 Å². The van der Waals surface area contributed by atoms with Crippen LogP contribution in [0.5, 0.6) is 0 Å². The Balaban J connectivity index is 1.69. The molecule has 0 saturated carbocycles. The van der Waals surface area contributed by atoms with E-state index in [1.165, 1.54) is 0 Å². The van der Waals surface area contributed by atoms with Gasteiger partial charge < -0.3 is 9.42 Å². The van der Waals surface area contributed by atoms with Crippen LogP contribution in [0.25, 0.3) is 5.78 Å². The van der Waals surface area contributed by atoms with Gasteiger partial charge in [-0.15, -0.1) is 5.10 Å². The van der Waals surface area contributed by atoms with E-state index in [4.69, 9.17) is 4.52 Å². The van der Waals surface area contributed by atoms with Crippen molar-refractivity contribution in [1.82, 2.24) is 34.6 Å². The molecule has 1 aliphatic rings. The predicted octanol–water partition coefficient (Wildman–Crippen LogP) is 1.41. The molecule has 9 nitrogen and oxygen atoms in total. The van der Waals surface area contributed by atoms with Gasteiger partial charge in [-0.1, -0.05) is 5.16 Å². The van der Waals surface area contributed by atoms with Gasteiger partial charge in [-0.2, -0.15) is 9.97 Å². The van der Waals surface area contributed by atoms with Crippen LogP contribution < -0.4 is 0 Å². The molecular formula is C15H17N7O2. The molecule has 0 bridgehead atoms. The highest BCUT2D eigenvalue weighted by Gasteiger charge is 2.35. The Morgan fingerprint density at radius 2 is 2.08 bits per heavy atom. The lowest BCUT2D eigenvalue weighted by atomic mass is 10.2. The van der Waals surface area contributed by atoms with E-state index in [2.05, 4.69) is 25.2 Å². The molecule has 24 heavy (non-hydrogen) atoms. The summed E-state index contributed by atoms with van der Waals surface area (Å²) in [5.74, 6) is 1.37. The van der Waals surface area contributed by atoms with Crippen molar-refractivity contribution >= 4 is 11.7 Å². The van der Waals surface area contributed by atoms with Crippen molar-refractivity contribution in [3.8, 4) is 0 Å². The Kier molecular flexibility index (Phi) is 3.29. The van der Waals surface area contributed by atoms with Crippen LogP contribution in [0.2, 0.25) is 0 Å². The normalized spacial score (nSPS) is 17.8. The van der Waals surface area contributed by atoms with Gasteiger partial charge in [0.2, 0.25) is 11.7 Å². The molecule has 0 aliphatic carbocycles. The number of amides is 1. The SMILES string of the molecule is Cc1cc(C)n2nc(C(=O)N3CCC[C@@H]3c3noc(C)n3)nc2n1. The Bertz CT molecular complexity index is 929. The maximum atomic E-state index is 12.9. The second-order valence-electron chi connectivity index (χ2n) is 6.01. The molecule has 9 heteroatoms. The van der Waals surface area contributed by atoms with Crippen LogP contribution in [0.3, 0.4) is 0 Å². The molecule has 0 N–H and O–H groups in total. The number of aromatic nitrogens is 6. The summed E-state index contributed by atoms with van der Waals surface area (Å²) >= 11 is 0. The van der Waals surface area contributed by atoms with E-state index in [1.807, 2.05) is 19.9 Å². The van der Waals surface area contributed by atoms with Gasteiger partial charge in [-0.05, 0) is 32.8 Å². The first-order valence-electron chi connectivity index (χ1n) is 7.85. The summed E-state index contributed by atoms with van der Waals surface area (Å²) in [5, 5.41) is 8.27. The lowest BCUT2D eigenvalue weighted by Gasteiger charge is -2.20. The molecule has 124 valence electrons. The van der Waals surface area contributed by atoms with Crippen molar-refractivity contribution in [2.24, 2.45) is 0 Å². The minimum Gasteiger partial charge on any atom is -0.340 e. The molecule has 1 fully saturated rings. The topological polar surface area (TPSA) is 102 Å². The molecule has 0 aromatic carbocycles. The first-order valence-corrected chi connectivity index (χ1v) is 7.85. The third-order valence-corrected chi connectivity index (χ3v) is 4.16. The number of fused-ring (bicyclic) bond motifs is 1. The van der Waals surface area contributed by atoms with Gasteiger partial charge in [-0.25, -0.2) is 9.50 Å². The Morgan fingerprint density at radius 3 is 2.83 bits per heavy atom. The maximum Gasteiger partial charge on any atom is 0.294 e. The summed E-state index contributed by atoms with van der Waals surface area (Å²) in [5.41, 5.74) is 1.73. The average molecular weight is 327 g/mol. The molecular weight excluding hydrogens is 310 g/mol. The summed E-state index contributed by atoms with van der Waals surface area (Å²) in [4.78, 5) is 27.5. The zero-order valence-electron chi connectivity index (χ0n) is 13.7. The van der Waals surface area contributed by atoms with Crippen molar-refractivity contribution in [2.75, 3.05) is 6.54 Å². The Morgan fingerprint density at radius 1 is 1.25 bits per heavy atom. The fraction of sp³-hybridized carbons (Fsp3) is 0.467. The van der Waals surface area contributed by atoms with Crippen molar-refractivity contribution in [3.63, 3.8) is 0 Å². The predicted molar refractivity (Wildman–Crippen MR) is 82.3 cm³/mol. The van der Waals surface area contributed by atoms with Gasteiger partial charge in [0.25, 0.3) is 11.7 Å². The van der Waals surface area contributed by atoms with Crippen LogP contribution in [0, 0.1) is 20.8 Å². The number of carbonyl (C=O) groups excluding carboxylic acids is 1. The van der Waals surface area contributed by atoms with Crippen LogP contribution in [0.1, 0.15) is 52.6 Å². The number of likely N-dealkylation sites (tertiary alicyclic amines) is 1. The second-order valence-corrected chi connectivity index (χ2v) is 6.01. The number of rotatable bonds is 2. The standard InChI is InChI=1S/C15H17N7O2/c1-8-7-9(2)22-15(16-8)18-13(19-22)14(23)21-6-4-5-11(21)12-17-10(3)24-20-12/h7,11H,4-6H2,1-3H3/t11-/m1/s1. The van der Waals surface area contributed by atoms with E-state index in [9.17, 15) is 4.79 Å². The molecule has 0 spiro atoms.